The summed E-state index contributed by atoms with van der Waals surface area (Å²) in [6.45, 7) is 0. The normalized spacial score (nSPS) is 13.6. The van der Waals surface area contributed by atoms with E-state index in [-0.39, 0.29) is 16.9 Å². The topological polar surface area (TPSA) is 149 Å². The lowest BCUT2D eigenvalue weighted by Gasteiger charge is -2.20. The minimum absolute atomic E-state index is 0.199. The van der Waals surface area contributed by atoms with Crippen LogP contribution in [-0.2, 0) is 10.1 Å². The third-order valence-electron chi connectivity index (χ3n) is 3.47. The average molecular weight is 336 g/mol. The van der Waals surface area contributed by atoms with Crippen LogP contribution in [0.4, 0.5) is 0 Å². The number of carbonyl (C=O) groups excluding carboxylic acids is 2. The van der Waals surface area contributed by atoms with E-state index in [1.54, 1.807) is 0 Å². The maximum atomic E-state index is 12.5. The molecule has 0 atom stereocenters. The summed E-state index contributed by atoms with van der Waals surface area (Å²) in [4.78, 5) is 24.0. The minimum Gasteiger partial charge on any atom is -0.508 e. The van der Waals surface area contributed by atoms with Crippen molar-refractivity contribution >= 4 is 21.7 Å². The van der Waals surface area contributed by atoms with E-state index in [2.05, 4.69) is 0 Å². The van der Waals surface area contributed by atoms with Gasteiger partial charge in [-0.3, -0.25) is 14.1 Å². The molecule has 1 aliphatic carbocycles. The second-order valence-corrected chi connectivity index (χ2v) is 6.25. The lowest BCUT2D eigenvalue weighted by atomic mass is 9.83. The van der Waals surface area contributed by atoms with Crippen molar-refractivity contribution in [3.63, 3.8) is 0 Å². The standard InChI is InChI=1S/C14H8O8S/c15-5-1-2-6-7(3-5)13(18)11-10(12(6)17)9(23(20,21)22)4-8(16)14(11)19/h1-4,15-16,19H,(H,20,21,22). The van der Waals surface area contributed by atoms with Crippen LogP contribution in [0, 0.1) is 0 Å². The van der Waals surface area contributed by atoms with Crippen molar-refractivity contribution in [3.8, 4) is 17.2 Å². The number of hydrogen-bond acceptors (Lipinski definition) is 7. The van der Waals surface area contributed by atoms with E-state index < -0.39 is 49.2 Å². The van der Waals surface area contributed by atoms with E-state index in [1.165, 1.54) is 0 Å². The zero-order valence-corrected chi connectivity index (χ0v) is 12.0. The van der Waals surface area contributed by atoms with Gasteiger partial charge in [-0.2, -0.15) is 8.42 Å². The number of aromatic hydroxyl groups is 3. The average Bonchev–Trinajstić information content (AvgIpc) is 2.46. The predicted molar refractivity (Wildman–Crippen MR) is 74.6 cm³/mol. The Kier molecular flexibility index (Phi) is 2.96. The van der Waals surface area contributed by atoms with Crippen molar-refractivity contribution in [1.82, 2.24) is 0 Å². The quantitative estimate of drug-likeness (QED) is 0.377. The number of phenols is 3. The third-order valence-corrected chi connectivity index (χ3v) is 4.35. The monoisotopic (exact) mass is 336 g/mol. The fourth-order valence-corrected chi connectivity index (χ4v) is 3.19. The fraction of sp³-hybridized carbons (Fsp3) is 0. The molecule has 1 aliphatic rings. The van der Waals surface area contributed by atoms with Gasteiger partial charge in [-0.1, -0.05) is 0 Å². The van der Waals surface area contributed by atoms with E-state index >= 15 is 0 Å². The SMILES string of the molecule is O=C1c2ccc(O)cc2C(=O)c2c(O)c(O)cc(S(=O)(=O)O)c21. The lowest BCUT2D eigenvalue weighted by molar-refractivity contribution is 0.0973. The highest BCUT2D eigenvalue weighted by Gasteiger charge is 2.38. The van der Waals surface area contributed by atoms with Gasteiger partial charge in [-0.15, -0.1) is 0 Å². The summed E-state index contributed by atoms with van der Waals surface area (Å²) in [7, 11) is -4.94. The van der Waals surface area contributed by atoms with Crippen molar-refractivity contribution in [1.29, 1.82) is 0 Å². The van der Waals surface area contributed by atoms with E-state index in [0.29, 0.717) is 6.07 Å². The largest absolute Gasteiger partial charge is 0.508 e. The van der Waals surface area contributed by atoms with E-state index in [0.717, 1.165) is 18.2 Å². The van der Waals surface area contributed by atoms with Crippen LogP contribution in [0.5, 0.6) is 17.2 Å². The molecule has 0 radical (unpaired) electrons. The van der Waals surface area contributed by atoms with Crippen molar-refractivity contribution in [2.24, 2.45) is 0 Å². The van der Waals surface area contributed by atoms with Gasteiger partial charge in [-0.25, -0.2) is 0 Å². The molecule has 2 aromatic rings. The van der Waals surface area contributed by atoms with Gasteiger partial charge in [0, 0.05) is 17.2 Å². The molecule has 0 aliphatic heterocycles. The van der Waals surface area contributed by atoms with Crippen molar-refractivity contribution in [2.75, 3.05) is 0 Å². The Hall–Kier alpha value is -2.91. The number of hydrogen-bond donors (Lipinski definition) is 4. The molecule has 23 heavy (non-hydrogen) atoms. The smallest absolute Gasteiger partial charge is 0.295 e. The fourth-order valence-electron chi connectivity index (χ4n) is 2.47. The van der Waals surface area contributed by atoms with Crippen LogP contribution >= 0.6 is 0 Å². The first-order valence-electron chi connectivity index (χ1n) is 6.11. The van der Waals surface area contributed by atoms with Crippen molar-refractivity contribution < 1.29 is 37.9 Å². The molecule has 0 amide bonds. The summed E-state index contributed by atoms with van der Waals surface area (Å²) >= 11 is 0. The second kappa shape index (κ2) is 4.54. The molecule has 8 nitrogen and oxygen atoms in total. The Morgan fingerprint density at radius 3 is 2.04 bits per heavy atom. The Morgan fingerprint density at radius 2 is 1.43 bits per heavy atom. The van der Waals surface area contributed by atoms with Gasteiger partial charge >= 0.3 is 0 Å². The summed E-state index contributed by atoms with van der Waals surface area (Å²) in [5.74, 6) is -4.20. The van der Waals surface area contributed by atoms with Crippen LogP contribution in [0.15, 0.2) is 29.2 Å². The van der Waals surface area contributed by atoms with Crippen LogP contribution in [0.2, 0.25) is 0 Å². The van der Waals surface area contributed by atoms with Crippen LogP contribution < -0.4 is 0 Å². The molecule has 3 rings (SSSR count). The highest BCUT2D eigenvalue weighted by Crippen LogP contribution is 2.42. The summed E-state index contributed by atoms with van der Waals surface area (Å²) in [6, 6.07) is 3.71. The molecule has 0 aromatic heterocycles. The van der Waals surface area contributed by atoms with Crippen LogP contribution in [0.1, 0.15) is 31.8 Å². The molecule has 0 heterocycles. The number of ketones is 2. The number of phenolic OH excluding ortho intramolecular Hbond substituents is 3. The Bertz CT molecular complexity index is 1000. The van der Waals surface area contributed by atoms with Crippen LogP contribution in [-0.4, -0.2) is 39.9 Å². The van der Waals surface area contributed by atoms with Gasteiger partial charge in [0.15, 0.2) is 23.1 Å². The summed E-state index contributed by atoms with van der Waals surface area (Å²) in [5, 5.41) is 28.9. The number of rotatable bonds is 1. The van der Waals surface area contributed by atoms with Gasteiger partial charge in [-0.05, 0) is 18.2 Å². The molecular formula is C14H8O8S. The predicted octanol–water partition coefficient (Wildman–Crippen LogP) is 0.825. The van der Waals surface area contributed by atoms with Gasteiger partial charge in [0.25, 0.3) is 10.1 Å². The number of carbonyl (C=O) groups is 2. The molecule has 9 heteroatoms. The lowest BCUT2D eigenvalue weighted by Crippen LogP contribution is -2.24. The molecular weight excluding hydrogens is 328 g/mol. The summed E-state index contributed by atoms with van der Waals surface area (Å²) in [5.41, 5.74) is -1.94. The first-order valence-corrected chi connectivity index (χ1v) is 7.55. The van der Waals surface area contributed by atoms with Gasteiger partial charge in [0.1, 0.15) is 10.6 Å². The number of benzene rings is 2. The van der Waals surface area contributed by atoms with Crippen molar-refractivity contribution in [3.05, 3.63) is 46.5 Å². The third kappa shape index (κ3) is 2.05. The molecule has 0 spiro atoms. The molecule has 118 valence electrons. The van der Waals surface area contributed by atoms with Gasteiger partial charge in [0.05, 0.1) is 11.1 Å². The molecule has 0 unspecified atom stereocenters. The molecule has 4 N–H and O–H groups in total. The molecule has 0 bridgehead atoms. The maximum absolute atomic E-state index is 12.5. The Labute approximate surface area is 129 Å². The van der Waals surface area contributed by atoms with E-state index in [1.807, 2.05) is 0 Å². The second-order valence-electron chi connectivity index (χ2n) is 4.86. The minimum atomic E-state index is -4.94. The van der Waals surface area contributed by atoms with Crippen LogP contribution in [0.3, 0.4) is 0 Å². The summed E-state index contributed by atoms with van der Waals surface area (Å²) in [6.07, 6.45) is 0. The Balaban J connectivity index is 2.48. The highest BCUT2D eigenvalue weighted by molar-refractivity contribution is 7.86. The molecule has 0 saturated heterocycles. The first-order chi connectivity index (χ1) is 10.6. The van der Waals surface area contributed by atoms with Gasteiger partial charge in [0.2, 0.25) is 0 Å². The summed E-state index contributed by atoms with van der Waals surface area (Å²) < 4.78 is 32.1. The molecule has 0 saturated carbocycles. The zero-order chi connectivity index (χ0) is 17.1. The van der Waals surface area contributed by atoms with E-state index in [4.69, 9.17) is 0 Å². The molecule has 2 aromatic carbocycles. The molecule has 0 fully saturated rings. The van der Waals surface area contributed by atoms with E-state index in [9.17, 15) is 37.9 Å². The highest BCUT2D eigenvalue weighted by atomic mass is 32.2. The van der Waals surface area contributed by atoms with Gasteiger partial charge < -0.3 is 15.3 Å². The van der Waals surface area contributed by atoms with Crippen LogP contribution in [0.25, 0.3) is 0 Å². The van der Waals surface area contributed by atoms with Crippen molar-refractivity contribution in [2.45, 2.75) is 4.90 Å². The maximum Gasteiger partial charge on any atom is 0.295 e. The first kappa shape index (κ1) is 15.0. The Morgan fingerprint density at radius 1 is 0.826 bits per heavy atom. The zero-order valence-electron chi connectivity index (χ0n) is 11.1. The number of fused-ring (bicyclic) bond motifs is 2.